The molecule has 0 spiro atoms. The molecule has 3 aliphatic rings. The average Bonchev–Trinajstić information content (AvgIpc) is 3.03. The monoisotopic (exact) mass is 367 g/mol. The van der Waals surface area contributed by atoms with Crippen molar-refractivity contribution in [2.45, 2.75) is 37.3 Å². The van der Waals surface area contributed by atoms with Gasteiger partial charge in [-0.25, -0.2) is 4.98 Å². The van der Waals surface area contributed by atoms with Gasteiger partial charge in [-0.15, -0.1) is 11.3 Å². The van der Waals surface area contributed by atoms with Crippen molar-refractivity contribution in [1.29, 1.82) is 0 Å². The van der Waals surface area contributed by atoms with Gasteiger partial charge in [-0.3, -0.25) is 10.00 Å². The zero-order chi connectivity index (χ0) is 17.3. The van der Waals surface area contributed by atoms with Crippen molar-refractivity contribution in [3.05, 3.63) is 23.2 Å². The molecule has 0 radical (unpaired) electrons. The second-order valence-electron chi connectivity index (χ2n) is 7.75. The maximum Gasteiger partial charge on any atom is 0.228 e. The fourth-order valence-corrected chi connectivity index (χ4v) is 5.08. The maximum absolute atomic E-state index is 4.91. The Bertz CT molecular complexity index is 973. The summed E-state index contributed by atoms with van der Waals surface area (Å²) < 4.78 is 1.09. The summed E-state index contributed by atoms with van der Waals surface area (Å²) in [6, 6.07) is 5.36. The predicted octanol–water partition coefficient (Wildman–Crippen LogP) is 2.93. The summed E-state index contributed by atoms with van der Waals surface area (Å²) in [5.41, 5.74) is 2.24. The van der Waals surface area contributed by atoms with Crippen molar-refractivity contribution in [3.8, 4) is 0 Å². The number of rotatable bonds is 4. The minimum absolute atomic E-state index is 0.529. The molecular weight excluding hydrogens is 346 g/mol. The smallest absolute Gasteiger partial charge is 0.228 e. The Hall–Kier alpha value is -2.19. The van der Waals surface area contributed by atoms with Crippen LogP contribution in [0.25, 0.3) is 10.2 Å². The van der Waals surface area contributed by atoms with E-state index in [4.69, 9.17) is 9.97 Å². The van der Waals surface area contributed by atoms with E-state index in [0.29, 0.717) is 18.0 Å². The molecule has 5 heterocycles. The van der Waals surface area contributed by atoms with Crippen LogP contribution in [0, 0.1) is 0 Å². The lowest BCUT2D eigenvalue weighted by Crippen LogP contribution is -2.45. The average molecular weight is 367 g/mol. The van der Waals surface area contributed by atoms with E-state index in [2.05, 4.69) is 49.9 Å². The highest BCUT2D eigenvalue weighted by atomic mass is 32.1. The van der Waals surface area contributed by atoms with Crippen molar-refractivity contribution in [1.82, 2.24) is 25.1 Å². The Morgan fingerprint density at radius 3 is 2.92 bits per heavy atom. The molecule has 2 N–H and O–H groups in total. The lowest BCUT2D eigenvalue weighted by molar-refractivity contribution is 0.291. The summed E-state index contributed by atoms with van der Waals surface area (Å²) in [6.45, 7) is 2.12. The second kappa shape index (κ2) is 5.40. The summed E-state index contributed by atoms with van der Waals surface area (Å²) in [5.74, 6) is 3.22. The minimum Gasteiger partial charge on any atom is -0.335 e. The molecule has 134 valence electrons. The van der Waals surface area contributed by atoms with E-state index in [1.54, 1.807) is 11.3 Å². The Morgan fingerprint density at radius 1 is 1.23 bits per heavy atom. The van der Waals surface area contributed by atoms with Crippen molar-refractivity contribution in [3.63, 3.8) is 0 Å². The third-order valence-corrected chi connectivity index (χ3v) is 6.83. The van der Waals surface area contributed by atoms with Gasteiger partial charge in [0.25, 0.3) is 0 Å². The summed E-state index contributed by atoms with van der Waals surface area (Å²) in [7, 11) is 2.22. The van der Waals surface area contributed by atoms with Crippen molar-refractivity contribution in [2.75, 3.05) is 30.4 Å². The highest BCUT2D eigenvalue weighted by Gasteiger charge is 2.42. The third-order valence-electron chi connectivity index (χ3n) is 5.92. The number of anilines is 3. The minimum atomic E-state index is 0.529. The molecule has 2 saturated heterocycles. The molecule has 1 saturated carbocycles. The van der Waals surface area contributed by atoms with Gasteiger partial charge in [0.15, 0.2) is 11.6 Å². The summed E-state index contributed by atoms with van der Waals surface area (Å²) in [5, 5.41) is 13.1. The molecule has 0 aromatic carbocycles. The number of aromatic nitrogens is 4. The van der Waals surface area contributed by atoms with Crippen LogP contribution in [-0.2, 0) is 0 Å². The topological polar surface area (TPSA) is 73.0 Å². The van der Waals surface area contributed by atoms with Crippen LogP contribution in [-0.4, -0.2) is 57.3 Å². The van der Waals surface area contributed by atoms with Gasteiger partial charge in [0.05, 0.1) is 10.2 Å². The molecule has 0 unspecified atom stereocenters. The Morgan fingerprint density at radius 2 is 2.15 bits per heavy atom. The number of nitrogens with one attached hydrogen (secondary N) is 2. The molecule has 8 heteroatoms. The van der Waals surface area contributed by atoms with E-state index < -0.39 is 0 Å². The molecule has 2 bridgehead atoms. The quantitative estimate of drug-likeness (QED) is 0.739. The second-order valence-corrected chi connectivity index (χ2v) is 8.67. The number of piperazine rings is 1. The SMILES string of the molecule is CN1C[C@@H]2C[C@H]1CN2c1nc(Nc2cc(C3CC3)[nH]n2)c2sccc2n1. The van der Waals surface area contributed by atoms with Crippen LogP contribution in [0.1, 0.15) is 30.9 Å². The van der Waals surface area contributed by atoms with Crippen molar-refractivity contribution < 1.29 is 0 Å². The van der Waals surface area contributed by atoms with Crippen LogP contribution in [0.4, 0.5) is 17.6 Å². The van der Waals surface area contributed by atoms with E-state index in [1.807, 2.05) is 0 Å². The largest absolute Gasteiger partial charge is 0.335 e. The van der Waals surface area contributed by atoms with Gasteiger partial charge in [-0.1, -0.05) is 0 Å². The number of likely N-dealkylation sites (N-methyl/N-ethyl adjacent to an activating group) is 1. The molecule has 26 heavy (non-hydrogen) atoms. The Balaban J connectivity index is 1.35. The van der Waals surface area contributed by atoms with Gasteiger partial charge >= 0.3 is 0 Å². The number of likely N-dealkylation sites (tertiary alicyclic amines) is 1. The molecule has 1 aliphatic carbocycles. The standard InChI is InChI=1S/C18H21N7S/c1-24-8-12-6-11(24)9-25(12)18-19-13-4-5-26-16(13)17(21-18)20-15-7-14(22-23-15)10-2-3-10/h4-5,7,10-12H,2-3,6,8-9H2,1H3,(H2,19,20,21,22,23)/t11-,12-/m0/s1. The zero-order valence-corrected chi connectivity index (χ0v) is 15.5. The predicted molar refractivity (Wildman–Crippen MR) is 103 cm³/mol. The van der Waals surface area contributed by atoms with Crippen LogP contribution in [0.3, 0.4) is 0 Å². The fraction of sp³-hybridized carbons (Fsp3) is 0.500. The normalized spacial score (nSPS) is 25.5. The van der Waals surface area contributed by atoms with Gasteiger partial charge in [0.1, 0.15) is 0 Å². The Labute approximate surface area is 155 Å². The summed E-state index contributed by atoms with van der Waals surface area (Å²) >= 11 is 1.67. The van der Waals surface area contributed by atoms with Crippen LogP contribution >= 0.6 is 11.3 Å². The molecule has 3 aromatic rings. The van der Waals surface area contributed by atoms with E-state index >= 15 is 0 Å². The van der Waals surface area contributed by atoms with Crippen molar-refractivity contribution >= 4 is 39.1 Å². The van der Waals surface area contributed by atoms with Gasteiger partial charge in [-0.05, 0) is 37.8 Å². The van der Waals surface area contributed by atoms with E-state index in [0.717, 1.165) is 40.9 Å². The van der Waals surface area contributed by atoms with Gasteiger partial charge < -0.3 is 10.2 Å². The van der Waals surface area contributed by atoms with E-state index in [1.165, 1.54) is 25.0 Å². The van der Waals surface area contributed by atoms with E-state index in [9.17, 15) is 0 Å². The van der Waals surface area contributed by atoms with Gasteiger partial charge in [0, 0.05) is 42.9 Å². The van der Waals surface area contributed by atoms with Crippen LogP contribution in [0.5, 0.6) is 0 Å². The molecule has 2 aliphatic heterocycles. The zero-order valence-electron chi connectivity index (χ0n) is 14.6. The van der Waals surface area contributed by atoms with E-state index in [-0.39, 0.29) is 0 Å². The molecule has 2 atom stereocenters. The highest BCUT2D eigenvalue weighted by Crippen LogP contribution is 2.40. The lowest BCUT2D eigenvalue weighted by Gasteiger charge is -2.32. The molecule has 3 fully saturated rings. The van der Waals surface area contributed by atoms with Crippen molar-refractivity contribution in [2.24, 2.45) is 0 Å². The highest BCUT2D eigenvalue weighted by molar-refractivity contribution is 7.17. The van der Waals surface area contributed by atoms with Gasteiger partial charge in [-0.2, -0.15) is 10.1 Å². The third kappa shape index (κ3) is 2.32. The maximum atomic E-state index is 4.91. The lowest BCUT2D eigenvalue weighted by atomic mass is 10.2. The molecule has 3 aromatic heterocycles. The molecule has 6 rings (SSSR count). The van der Waals surface area contributed by atoms with Crippen LogP contribution in [0.15, 0.2) is 17.5 Å². The first-order chi connectivity index (χ1) is 12.7. The number of aromatic amines is 1. The number of fused-ring (bicyclic) bond motifs is 3. The first kappa shape index (κ1) is 14.9. The molecule has 0 amide bonds. The Kier molecular flexibility index (Phi) is 3.10. The number of hydrogen-bond acceptors (Lipinski definition) is 7. The van der Waals surface area contributed by atoms with Crippen LogP contribution < -0.4 is 10.2 Å². The summed E-state index contributed by atoms with van der Waals surface area (Å²) in [4.78, 5) is 14.6. The fourth-order valence-electron chi connectivity index (χ4n) is 4.30. The van der Waals surface area contributed by atoms with Gasteiger partial charge in [0.2, 0.25) is 5.95 Å². The number of hydrogen-bond donors (Lipinski definition) is 2. The first-order valence-corrected chi connectivity index (χ1v) is 10.2. The molecule has 7 nitrogen and oxygen atoms in total. The molecular formula is C18H21N7S. The van der Waals surface area contributed by atoms with Crippen LogP contribution in [0.2, 0.25) is 0 Å². The number of thiophene rings is 1. The first-order valence-electron chi connectivity index (χ1n) is 9.29. The number of H-pyrrole nitrogens is 1. The number of nitrogens with zero attached hydrogens (tertiary/aromatic N) is 5. The summed E-state index contributed by atoms with van der Waals surface area (Å²) in [6.07, 6.45) is 3.75.